The van der Waals surface area contributed by atoms with Gasteiger partial charge in [-0.1, -0.05) is 89.6 Å². The summed E-state index contributed by atoms with van der Waals surface area (Å²) in [5.41, 5.74) is 11.2. The quantitative estimate of drug-likeness (QED) is 0.288. The van der Waals surface area contributed by atoms with E-state index in [1.54, 1.807) is 12.3 Å². The normalized spacial score (nSPS) is 18.7. The van der Waals surface area contributed by atoms with Gasteiger partial charge in [0.1, 0.15) is 0 Å². The van der Waals surface area contributed by atoms with Crippen molar-refractivity contribution in [3.05, 3.63) is 83.7 Å². The Labute approximate surface area is 225 Å². The third kappa shape index (κ3) is 14.3. The molecule has 3 nitrogen and oxygen atoms in total. The zero-order valence-electron chi connectivity index (χ0n) is 24.3. The molecule has 3 heteroatoms. The molecule has 0 bridgehead atoms. The van der Waals surface area contributed by atoms with Crippen molar-refractivity contribution in [1.29, 1.82) is 0 Å². The van der Waals surface area contributed by atoms with Crippen LogP contribution in [0.25, 0.3) is 0 Å². The Balaban J connectivity index is 0. The zero-order chi connectivity index (χ0) is 26.8. The van der Waals surface area contributed by atoms with Crippen LogP contribution >= 0.6 is 0 Å². The standard InChI is InChI=1S/C20H37N3.C9H12.C3H6.CH4/c1-7-9-19(10-8-2)11-20(12-21)22-14-17(5)23(13-16(3)4)18(6)15-22;1-3-9-6-4-8(2)5-7-9;1-3-2;/h7,9,11-12,16-18H,8,10,13-15,21H2,1-6H3;4-7H,3H2,1-2H3;3H,1H2,2H3;1H4/b9-7-,19-11-,20-12+;;;. The van der Waals surface area contributed by atoms with E-state index in [9.17, 15) is 0 Å². The van der Waals surface area contributed by atoms with E-state index < -0.39 is 0 Å². The number of rotatable bonds is 8. The Kier molecular flexibility index (Phi) is 20.8. The minimum Gasteiger partial charge on any atom is -0.403 e. The lowest BCUT2D eigenvalue weighted by molar-refractivity contribution is 0.0481. The molecular formula is C33H59N3. The van der Waals surface area contributed by atoms with E-state index in [1.165, 1.54) is 23.2 Å². The van der Waals surface area contributed by atoms with E-state index in [2.05, 4.69) is 114 Å². The molecular weight excluding hydrogens is 438 g/mol. The molecule has 0 saturated carbocycles. The smallest absolute Gasteiger partial charge is 0.0527 e. The molecule has 2 unspecified atom stereocenters. The predicted octanol–water partition coefficient (Wildman–Crippen LogP) is 8.53. The first-order valence-corrected chi connectivity index (χ1v) is 13.5. The van der Waals surface area contributed by atoms with E-state index in [0.29, 0.717) is 18.0 Å². The van der Waals surface area contributed by atoms with Crippen LogP contribution in [-0.4, -0.2) is 41.5 Å². The van der Waals surface area contributed by atoms with Gasteiger partial charge in [-0.25, -0.2) is 0 Å². The summed E-state index contributed by atoms with van der Waals surface area (Å²) < 4.78 is 0. The molecule has 0 aromatic heterocycles. The first-order valence-electron chi connectivity index (χ1n) is 13.5. The minimum absolute atomic E-state index is 0. The number of hydrogen-bond donors (Lipinski definition) is 1. The molecule has 2 atom stereocenters. The number of hydrogen-bond acceptors (Lipinski definition) is 3. The van der Waals surface area contributed by atoms with Crippen molar-refractivity contribution >= 4 is 0 Å². The summed E-state index contributed by atoms with van der Waals surface area (Å²) in [6.45, 7) is 26.4. The molecule has 206 valence electrons. The lowest BCUT2D eigenvalue weighted by Gasteiger charge is -2.46. The Bertz CT molecular complexity index is 759. The van der Waals surface area contributed by atoms with Crippen molar-refractivity contribution in [2.75, 3.05) is 19.6 Å². The number of nitrogens with zero attached hydrogens (tertiary/aromatic N) is 2. The van der Waals surface area contributed by atoms with Crippen molar-refractivity contribution in [2.24, 2.45) is 11.7 Å². The maximum atomic E-state index is 5.96. The van der Waals surface area contributed by atoms with Gasteiger partial charge in [-0.2, -0.15) is 0 Å². The Morgan fingerprint density at radius 1 is 1.08 bits per heavy atom. The van der Waals surface area contributed by atoms with Gasteiger partial charge in [0, 0.05) is 37.9 Å². The van der Waals surface area contributed by atoms with Gasteiger partial charge in [-0.3, -0.25) is 4.90 Å². The summed E-state index contributed by atoms with van der Waals surface area (Å²) in [6.07, 6.45) is 13.5. The predicted molar refractivity (Wildman–Crippen MR) is 165 cm³/mol. The van der Waals surface area contributed by atoms with Gasteiger partial charge in [-0.15, -0.1) is 6.58 Å². The molecule has 1 heterocycles. The highest BCUT2D eigenvalue weighted by atomic mass is 15.3. The summed E-state index contributed by atoms with van der Waals surface area (Å²) in [4.78, 5) is 5.09. The highest BCUT2D eigenvalue weighted by molar-refractivity contribution is 5.29. The van der Waals surface area contributed by atoms with Crippen molar-refractivity contribution < 1.29 is 0 Å². The van der Waals surface area contributed by atoms with E-state index in [0.717, 1.165) is 38.0 Å². The van der Waals surface area contributed by atoms with Crippen LogP contribution < -0.4 is 5.73 Å². The average Bonchev–Trinajstić information content (AvgIpc) is 2.81. The summed E-state index contributed by atoms with van der Waals surface area (Å²) in [5, 5.41) is 0. The maximum absolute atomic E-state index is 5.96. The second-order valence-electron chi connectivity index (χ2n) is 10.0. The van der Waals surface area contributed by atoms with E-state index in [1.807, 2.05) is 6.92 Å². The molecule has 1 saturated heterocycles. The molecule has 0 radical (unpaired) electrons. The molecule has 0 spiro atoms. The van der Waals surface area contributed by atoms with Crippen LogP contribution in [0.3, 0.4) is 0 Å². The van der Waals surface area contributed by atoms with E-state index >= 15 is 0 Å². The van der Waals surface area contributed by atoms with E-state index in [4.69, 9.17) is 5.73 Å². The molecule has 1 fully saturated rings. The largest absolute Gasteiger partial charge is 0.403 e. The number of benzene rings is 1. The summed E-state index contributed by atoms with van der Waals surface area (Å²) >= 11 is 0. The fourth-order valence-corrected chi connectivity index (χ4v) is 4.31. The molecule has 36 heavy (non-hydrogen) atoms. The Morgan fingerprint density at radius 2 is 1.61 bits per heavy atom. The fraction of sp³-hybridized carbons (Fsp3) is 0.576. The third-order valence-electron chi connectivity index (χ3n) is 5.99. The lowest BCUT2D eigenvalue weighted by atomic mass is 10.0. The topological polar surface area (TPSA) is 32.5 Å². The van der Waals surface area contributed by atoms with Crippen molar-refractivity contribution in [3.63, 3.8) is 0 Å². The molecule has 2 N–H and O–H groups in total. The van der Waals surface area contributed by atoms with Gasteiger partial charge in [0.05, 0.1) is 5.70 Å². The molecule has 1 aromatic rings. The maximum Gasteiger partial charge on any atom is 0.0527 e. The summed E-state index contributed by atoms with van der Waals surface area (Å²) in [6, 6.07) is 9.77. The average molecular weight is 498 g/mol. The first kappa shape index (κ1) is 35.9. The number of nitrogens with two attached hydrogens (primary N) is 1. The zero-order valence-corrected chi connectivity index (χ0v) is 24.3. The van der Waals surface area contributed by atoms with Gasteiger partial charge >= 0.3 is 0 Å². The van der Waals surface area contributed by atoms with Gasteiger partial charge < -0.3 is 10.6 Å². The molecule has 1 aromatic carbocycles. The number of allylic oxidation sites excluding steroid dienone is 5. The molecule has 1 aliphatic rings. The summed E-state index contributed by atoms with van der Waals surface area (Å²) in [7, 11) is 0. The second kappa shape index (κ2) is 20.9. The van der Waals surface area contributed by atoms with E-state index in [-0.39, 0.29) is 7.43 Å². The molecule has 2 rings (SSSR count). The Morgan fingerprint density at radius 3 is 2.00 bits per heavy atom. The van der Waals surface area contributed by atoms with Crippen molar-refractivity contribution in [2.45, 2.75) is 101 Å². The van der Waals surface area contributed by atoms with Crippen LogP contribution in [0.5, 0.6) is 0 Å². The number of aryl methyl sites for hydroxylation is 2. The van der Waals surface area contributed by atoms with Gasteiger partial charge in [0.15, 0.2) is 0 Å². The van der Waals surface area contributed by atoms with Crippen molar-refractivity contribution in [1.82, 2.24) is 9.80 Å². The van der Waals surface area contributed by atoms with Crippen LogP contribution in [0.1, 0.15) is 86.8 Å². The monoisotopic (exact) mass is 497 g/mol. The molecule has 1 aliphatic heterocycles. The highest BCUT2D eigenvalue weighted by Crippen LogP contribution is 2.22. The van der Waals surface area contributed by atoms with Crippen LogP contribution in [0.4, 0.5) is 0 Å². The van der Waals surface area contributed by atoms with Gasteiger partial charge in [-0.05, 0) is 70.6 Å². The van der Waals surface area contributed by atoms with Crippen LogP contribution in [0.15, 0.2) is 72.6 Å². The highest BCUT2D eigenvalue weighted by Gasteiger charge is 2.30. The van der Waals surface area contributed by atoms with Crippen LogP contribution in [-0.2, 0) is 6.42 Å². The lowest BCUT2D eigenvalue weighted by Crippen LogP contribution is -2.56. The molecule has 0 aliphatic carbocycles. The van der Waals surface area contributed by atoms with Gasteiger partial charge in [0.25, 0.3) is 0 Å². The Hall–Kier alpha value is -2.26. The fourth-order valence-electron chi connectivity index (χ4n) is 4.31. The van der Waals surface area contributed by atoms with Crippen LogP contribution in [0, 0.1) is 12.8 Å². The SMILES string of the molecule is C.C=CC.CCc1ccc(C)cc1.C\C=C/C(=C/C(=C\N)N1CC(C)N(CC(C)C)C(C)C1)CCC. The number of piperazine rings is 1. The van der Waals surface area contributed by atoms with Crippen LogP contribution in [0.2, 0.25) is 0 Å². The minimum atomic E-state index is 0. The molecule has 0 amide bonds. The van der Waals surface area contributed by atoms with Gasteiger partial charge in [0.2, 0.25) is 0 Å². The van der Waals surface area contributed by atoms with Crippen molar-refractivity contribution in [3.8, 4) is 0 Å². The second-order valence-corrected chi connectivity index (χ2v) is 10.0. The first-order chi connectivity index (χ1) is 16.7. The summed E-state index contributed by atoms with van der Waals surface area (Å²) in [5.74, 6) is 0.710. The third-order valence-corrected chi connectivity index (χ3v) is 5.99.